The third-order valence-corrected chi connectivity index (χ3v) is 1.86. The second-order valence-electron chi connectivity index (χ2n) is 2.68. The molecule has 0 bridgehead atoms. The van der Waals surface area contributed by atoms with Crippen LogP contribution >= 0.6 is 0 Å². The van der Waals surface area contributed by atoms with E-state index in [4.69, 9.17) is 4.52 Å². The first-order valence-electron chi connectivity index (χ1n) is 3.47. The Morgan fingerprint density at radius 1 is 1.18 bits per heavy atom. The van der Waals surface area contributed by atoms with Crippen LogP contribution < -0.4 is 0 Å². The summed E-state index contributed by atoms with van der Waals surface area (Å²) >= 11 is 0. The van der Waals surface area contributed by atoms with Crippen molar-refractivity contribution in [3.63, 3.8) is 0 Å². The van der Waals surface area contributed by atoms with Crippen LogP contribution in [0.3, 0.4) is 0 Å². The molecule has 0 unspecified atom stereocenters. The van der Waals surface area contributed by atoms with Gasteiger partial charge in [0.15, 0.2) is 5.58 Å². The fraction of sp³-hybridized carbons (Fsp3) is 0.250. The van der Waals surface area contributed by atoms with Gasteiger partial charge in [0.1, 0.15) is 5.52 Å². The summed E-state index contributed by atoms with van der Waals surface area (Å²) in [6.45, 7) is 4.08. The molecule has 1 heterocycles. The summed E-state index contributed by atoms with van der Waals surface area (Å²) in [7, 11) is 0. The van der Waals surface area contributed by atoms with Crippen LogP contribution in [0.25, 0.3) is 11.1 Å². The maximum Gasteiger partial charge on any atom is 0.187 e. The Morgan fingerprint density at radius 2 is 1.91 bits per heavy atom. The highest BCUT2D eigenvalue weighted by atomic mass is 16.5. The highest BCUT2D eigenvalue weighted by Crippen LogP contribution is 2.15. The van der Waals surface area contributed by atoms with Crippen molar-refractivity contribution in [2.24, 2.45) is 0 Å². The molecule has 0 amide bonds. The van der Waals surface area contributed by atoms with Gasteiger partial charge in [-0.1, -0.05) is 0 Å². The molecule has 0 N–H and O–H groups in total. The molecular weight excluding hydrogens is 140 g/mol. The number of fused-ring (bicyclic) bond motifs is 1. The Balaban J connectivity index is 2.86. The molecule has 0 saturated heterocycles. The smallest absolute Gasteiger partial charge is 0.187 e. The fourth-order valence-corrected chi connectivity index (χ4v) is 1.03. The molecule has 0 aliphatic rings. The lowest BCUT2D eigenvalue weighted by molar-refractivity contribution is 0.424. The first-order chi connectivity index (χ1) is 5.27. The van der Waals surface area contributed by atoms with Gasteiger partial charge in [0.05, 0.1) is 0 Å². The molecule has 1 aromatic carbocycles. The highest BCUT2D eigenvalue weighted by Gasteiger charge is 2.01. The van der Waals surface area contributed by atoms with Crippen LogP contribution in [0.4, 0.5) is 0 Å². The third-order valence-electron chi connectivity index (χ3n) is 1.86. The van der Waals surface area contributed by atoms with Crippen molar-refractivity contribution in [1.29, 1.82) is 0 Å². The number of hydrogen-bond donors (Lipinski definition) is 0. The summed E-state index contributed by atoms with van der Waals surface area (Å²) < 4.78 is 4.89. The summed E-state index contributed by atoms with van der Waals surface area (Å²) in [6.07, 6.45) is 0. The van der Waals surface area contributed by atoms with Crippen molar-refractivity contribution in [3.05, 3.63) is 23.3 Å². The molecular formula is C8H8N2O. The molecule has 3 heteroatoms. The quantitative estimate of drug-likeness (QED) is 0.572. The number of hydrogen-bond acceptors (Lipinski definition) is 3. The first kappa shape index (κ1) is 6.34. The Hall–Kier alpha value is -1.38. The molecule has 0 saturated carbocycles. The summed E-state index contributed by atoms with van der Waals surface area (Å²) in [5, 5.41) is 7.26. The van der Waals surface area contributed by atoms with Gasteiger partial charge < -0.3 is 4.52 Å². The minimum Gasteiger partial charge on any atom is -0.337 e. The standard InChI is InChI=1S/C8H8N2O/c1-5-3-7-8(4-6(5)2)11-10-9-7/h3-4H,1-2H3. The summed E-state index contributed by atoms with van der Waals surface area (Å²) in [4.78, 5) is 0. The fourth-order valence-electron chi connectivity index (χ4n) is 1.03. The van der Waals surface area contributed by atoms with Gasteiger partial charge in [0.2, 0.25) is 0 Å². The van der Waals surface area contributed by atoms with Gasteiger partial charge in [-0.2, -0.15) is 0 Å². The Morgan fingerprint density at radius 3 is 2.73 bits per heavy atom. The molecule has 3 nitrogen and oxygen atoms in total. The van der Waals surface area contributed by atoms with E-state index in [1.54, 1.807) is 0 Å². The normalized spacial score (nSPS) is 10.7. The number of aryl methyl sites for hydroxylation is 2. The third kappa shape index (κ3) is 0.888. The lowest BCUT2D eigenvalue weighted by atomic mass is 10.1. The lowest BCUT2D eigenvalue weighted by Crippen LogP contribution is -1.79. The number of aromatic nitrogens is 2. The second-order valence-corrected chi connectivity index (χ2v) is 2.68. The molecule has 0 atom stereocenters. The summed E-state index contributed by atoms with van der Waals surface area (Å²) in [5.74, 6) is 0. The topological polar surface area (TPSA) is 38.9 Å². The molecule has 2 aromatic rings. The molecule has 0 aliphatic heterocycles. The highest BCUT2D eigenvalue weighted by molar-refractivity contribution is 5.73. The zero-order valence-electron chi connectivity index (χ0n) is 6.46. The number of nitrogens with zero attached hydrogens (tertiary/aromatic N) is 2. The van der Waals surface area contributed by atoms with Gasteiger partial charge >= 0.3 is 0 Å². The van der Waals surface area contributed by atoms with Crippen molar-refractivity contribution in [2.45, 2.75) is 13.8 Å². The first-order valence-corrected chi connectivity index (χ1v) is 3.47. The van der Waals surface area contributed by atoms with Gasteiger partial charge in [-0.3, -0.25) is 0 Å². The Labute approximate surface area is 64.0 Å². The molecule has 11 heavy (non-hydrogen) atoms. The molecule has 0 spiro atoms. The van der Waals surface area contributed by atoms with Crippen molar-refractivity contribution in [2.75, 3.05) is 0 Å². The maximum atomic E-state index is 4.89. The van der Waals surface area contributed by atoms with E-state index in [0.29, 0.717) is 0 Å². The second kappa shape index (κ2) is 2.05. The number of rotatable bonds is 0. The average Bonchev–Trinajstić information content (AvgIpc) is 2.36. The van der Waals surface area contributed by atoms with Crippen molar-refractivity contribution < 1.29 is 4.52 Å². The van der Waals surface area contributed by atoms with E-state index in [1.165, 1.54) is 11.1 Å². The monoisotopic (exact) mass is 148 g/mol. The van der Waals surface area contributed by atoms with Gasteiger partial charge in [-0.15, -0.1) is 5.10 Å². The van der Waals surface area contributed by atoms with Gasteiger partial charge in [-0.25, -0.2) is 0 Å². The van der Waals surface area contributed by atoms with E-state index >= 15 is 0 Å². The summed E-state index contributed by atoms with van der Waals surface area (Å²) in [5.41, 5.74) is 4.01. The van der Waals surface area contributed by atoms with Crippen LogP contribution in [-0.4, -0.2) is 10.4 Å². The van der Waals surface area contributed by atoms with E-state index < -0.39 is 0 Å². The molecule has 56 valence electrons. The van der Waals surface area contributed by atoms with Crippen LogP contribution in [-0.2, 0) is 0 Å². The minimum atomic E-state index is 0.758. The predicted molar refractivity (Wildman–Crippen MR) is 41.3 cm³/mol. The minimum absolute atomic E-state index is 0.758. The number of benzene rings is 1. The van der Waals surface area contributed by atoms with Crippen LogP contribution in [0.15, 0.2) is 16.7 Å². The van der Waals surface area contributed by atoms with E-state index in [1.807, 2.05) is 26.0 Å². The molecule has 0 aliphatic carbocycles. The zero-order valence-corrected chi connectivity index (χ0v) is 6.46. The Kier molecular flexibility index (Phi) is 1.18. The van der Waals surface area contributed by atoms with Gasteiger partial charge in [-0.05, 0) is 37.1 Å². The maximum absolute atomic E-state index is 4.89. The largest absolute Gasteiger partial charge is 0.337 e. The van der Waals surface area contributed by atoms with E-state index in [0.717, 1.165) is 11.1 Å². The van der Waals surface area contributed by atoms with Crippen molar-refractivity contribution >= 4 is 11.1 Å². The molecule has 0 fully saturated rings. The van der Waals surface area contributed by atoms with Gasteiger partial charge in [0, 0.05) is 5.27 Å². The average molecular weight is 148 g/mol. The summed E-state index contributed by atoms with van der Waals surface area (Å²) in [6, 6.07) is 3.92. The zero-order chi connectivity index (χ0) is 7.84. The van der Waals surface area contributed by atoms with E-state index in [9.17, 15) is 0 Å². The van der Waals surface area contributed by atoms with Gasteiger partial charge in [0.25, 0.3) is 0 Å². The van der Waals surface area contributed by atoms with Crippen LogP contribution in [0.1, 0.15) is 11.1 Å². The lowest BCUT2D eigenvalue weighted by Gasteiger charge is -1.95. The Bertz CT molecular complexity index is 356. The SMILES string of the molecule is Cc1cc2nnoc2cc1C. The van der Waals surface area contributed by atoms with Crippen LogP contribution in [0.2, 0.25) is 0 Å². The van der Waals surface area contributed by atoms with Crippen molar-refractivity contribution in [1.82, 2.24) is 10.4 Å². The van der Waals surface area contributed by atoms with Crippen LogP contribution in [0, 0.1) is 13.8 Å². The molecule has 1 aromatic heterocycles. The van der Waals surface area contributed by atoms with E-state index in [2.05, 4.69) is 10.4 Å². The predicted octanol–water partition coefficient (Wildman–Crippen LogP) is 1.84. The van der Waals surface area contributed by atoms with E-state index in [-0.39, 0.29) is 0 Å². The van der Waals surface area contributed by atoms with Crippen molar-refractivity contribution in [3.8, 4) is 0 Å². The molecule has 2 rings (SSSR count). The molecule has 0 radical (unpaired) electrons. The van der Waals surface area contributed by atoms with Crippen LogP contribution in [0.5, 0.6) is 0 Å².